The number of fused-ring (bicyclic) bond motifs is 1. The van der Waals surface area contributed by atoms with Crippen LogP contribution < -0.4 is 10.9 Å². The Morgan fingerprint density at radius 3 is 2.43 bits per heavy atom. The van der Waals surface area contributed by atoms with Crippen molar-refractivity contribution < 1.29 is 13.2 Å². The number of carbonyl (C=O) groups excluding carboxylic acids is 1. The van der Waals surface area contributed by atoms with Crippen LogP contribution in [-0.2, 0) is 21.4 Å². The topological polar surface area (TPSA) is 101 Å². The molecule has 158 valence electrons. The Balaban J connectivity index is 1.75. The van der Waals surface area contributed by atoms with E-state index < -0.39 is 15.9 Å². The molecule has 0 fully saturated rings. The summed E-state index contributed by atoms with van der Waals surface area (Å²) in [6.07, 6.45) is 1.30. The SMILES string of the molecule is CCN(CC)S(=O)(=O)c1ccc(NC(=O)Cn2cnc3ccc(Cl)cc3c2=O)cc1. The van der Waals surface area contributed by atoms with Crippen molar-refractivity contribution in [3.8, 4) is 0 Å². The Kier molecular flexibility index (Phi) is 6.55. The van der Waals surface area contributed by atoms with E-state index in [2.05, 4.69) is 10.3 Å². The predicted octanol–water partition coefficient (Wildman–Crippen LogP) is 2.72. The maximum Gasteiger partial charge on any atom is 0.261 e. The van der Waals surface area contributed by atoms with Gasteiger partial charge in [0.05, 0.1) is 22.1 Å². The van der Waals surface area contributed by atoms with E-state index in [4.69, 9.17) is 11.6 Å². The molecule has 8 nitrogen and oxygen atoms in total. The van der Waals surface area contributed by atoms with Gasteiger partial charge >= 0.3 is 0 Å². The van der Waals surface area contributed by atoms with Crippen LogP contribution in [0, 0.1) is 0 Å². The minimum atomic E-state index is -3.57. The number of hydrogen-bond acceptors (Lipinski definition) is 5. The molecular weight excluding hydrogens is 428 g/mol. The lowest BCUT2D eigenvalue weighted by Gasteiger charge is -2.18. The smallest absolute Gasteiger partial charge is 0.261 e. The number of amides is 1. The van der Waals surface area contributed by atoms with E-state index >= 15 is 0 Å². The molecule has 1 amide bonds. The summed E-state index contributed by atoms with van der Waals surface area (Å²) in [4.78, 5) is 29.2. The number of rotatable bonds is 7. The van der Waals surface area contributed by atoms with Crippen molar-refractivity contribution >= 4 is 44.1 Å². The molecule has 0 atom stereocenters. The van der Waals surface area contributed by atoms with Gasteiger partial charge in [0.1, 0.15) is 6.54 Å². The lowest BCUT2D eigenvalue weighted by Crippen LogP contribution is -2.30. The first kappa shape index (κ1) is 21.9. The molecule has 3 rings (SSSR count). The van der Waals surface area contributed by atoms with Crippen LogP contribution in [0.25, 0.3) is 10.9 Å². The van der Waals surface area contributed by atoms with Gasteiger partial charge in [-0.25, -0.2) is 13.4 Å². The van der Waals surface area contributed by atoms with Crippen LogP contribution >= 0.6 is 11.6 Å². The summed E-state index contributed by atoms with van der Waals surface area (Å²) in [5.74, 6) is -0.445. The molecular formula is C20H21ClN4O4S. The predicted molar refractivity (Wildman–Crippen MR) is 116 cm³/mol. The maximum absolute atomic E-state index is 12.6. The number of nitrogens with one attached hydrogen (secondary N) is 1. The molecule has 2 aromatic carbocycles. The van der Waals surface area contributed by atoms with Gasteiger partial charge < -0.3 is 5.32 Å². The highest BCUT2D eigenvalue weighted by molar-refractivity contribution is 7.89. The molecule has 0 bridgehead atoms. The fourth-order valence-corrected chi connectivity index (χ4v) is 4.65. The Bertz CT molecular complexity index is 1240. The van der Waals surface area contributed by atoms with Gasteiger partial charge in [-0.15, -0.1) is 0 Å². The van der Waals surface area contributed by atoms with Crippen molar-refractivity contribution in [3.05, 3.63) is 64.2 Å². The fourth-order valence-electron chi connectivity index (χ4n) is 3.02. The van der Waals surface area contributed by atoms with Crippen LogP contribution in [0.15, 0.2) is 58.5 Å². The van der Waals surface area contributed by atoms with Gasteiger partial charge in [0.15, 0.2) is 0 Å². The van der Waals surface area contributed by atoms with E-state index in [1.165, 1.54) is 45.5 Å². The molecule has 3 aromatic rings. The van der Waals surface area contributed by atoms with Crippen molar-refractivity contribution in [1.29, 1.82) is 0 Å². The Morgan fingerprint density at radius 1 is 1.13 bits per heavy atom. The molecule has 0 unspecified atom stereocenters. The highest BCUT2D eigenvalue weighted by atomic mass is 35.5. The Hall–Kier alpha value is -2.75. The van der Waals surface area contributed by atoms with Gasteiger partial charge in [-0.1, -0.05) is 25.4 Å². The van der Waals surface area contributed by atoms with E-state index in [9.17, 15) is 18.0 Å². The zero-order valence-corrected chi connectivity index (χ0v) is 18.1. The summed E-state index contributed by atoms with van der Waals surface area (Å²) in [7, 11) is -3.57. The van der Waals surface area contributed by atoms with Crippen LogP contribution in [0.5, 0.6) is 0 Å². The highest BCUT2D eigenvalue weighted by Gasteiger charge is 2.21. The number of aromatic nitrogens is 2. The maximum atomic E-state index is 12.6. The minimum absolute atomic E-state index is 0.149. The van der Waals surface area contributed by atoms with Gasteiger partial charge in [0, 0.05) is 23.8 Å². The lowest BCUT2D eigenvalue weighted by molar-refractivity contribution is -0.116. The first-order chi connectivity index (χ1) is 14.3. The average molecular weight is 449 g/mol. The molecule has 0 radical (unpaired) electrons. The molecule has 0 aliphatic carbocycles. The standard InChI is InChI=1S/C20H21ClN4O4S/c1-3-25(4-2)30(28,29)16-8-6-15(7-9-16)23-19(26)12-24-13-22-18-10-5-14(21)11-17(18)20(24)27/h5-11,13H,3-4,12H2,1-2H3,(H,23,26). The summed E-state index contributed by atoms with van der Waals surface area (Å²) in [5, 5.41) is 3.38. The zero-order chi connectivity index (χ0) is 21.9. The van der Waals surface area contributed by atoms with Crippen LogP contribution in [0.2, 0.25) is 5.02 Å². The highest BCUT2D eigenvalue weighted by Crippen LogP contribution is 2.18. The molecule has 10 heteroatoms. The first-order valence-corrected chi connectivity index (χ1v) is 11.1. The van der Waals surface area contributed by atoms with Crippen molar-refractivity contribution in [3.63, 3.8) is 0 Å². The number of halogens is 1. The normalized spacial score (nSPS) is 11.7. The van der Waals surface area contributed by atoms with Crippen molar-refractivity contribution in [1.82, 2.24) is 13.9 Å². The second kappa shape index (κ2) is 8.95. The largest absolute Gasteiger partial charge is 0.325 e. The van der Waals surface area contributed by atoms with Gasteiger partial charge in [0.2, 0.25) is 15.9 Å². The van der Waals surface area contributed by atoms with E-state index in [-0.39, 0.29) is 17.0 Å². The third-order valence-corrected chi connectivity index (χ3v) is 6.88. The number of anilines is 1. The number of hydrogen-bond donors (Lipinski definition) is 1. The van der Waals surface area contributed by atoms with Crippen LogP contribution in [0.3, 0.4) is 0 Å². The van der Waals surface area contributed by atoms with E-state index in [0.29, 0.717) is 34.7 Å². The number of nitrogens with zero attached hydrogens (tertiary/aromatic N) is 3. The molecule has 1 aromatic heterocycles. The monoisotopic (exact) mass is 448 g/mol. The van der Waals surface area contributed by atoms with Crippen molar-refractivity contribution in [2.24, 2.45) is 0 Å². The summed E-state index contributed by atoms with van der Waals surface area (Å²) < 4.78 is 27.6. The van der Waals surface area contributed by atoms with Gasteiger partial charge in [-0.2, -0.15) is 4.31 Å². The second-order valence-electron chi connectivity index (χ2n) is 6.50. The molecule has 30 heavy (non-hydrogen) atoms. The van der Waals surface area contributed by atoms with Gasteiger partial charge in [-0.05, 0) is 42.5 Å². The zero-order valence-electron chi connectivity index (χ0n) is 16.5. The molecule has 0 saturated heterocycles. The molecule has 1 heterocycles. The van der Waals surface area contributed by atoms with Crippen molar-refractivity contribution in [2.75, 3.05) is 18.4 Å². The quantitative estimate of drug-likeness (QED) is 0.598. The molecule has 0 aliphatic rings. The van der Waals surface area contributed by atoms with Crippen LogP contribution in [0.4, 0.5) is 5.69 Å². The van der Waals surface area contributed by atoms with Crippen molar-refractivity contribution in [2.45, 2.75) is 25.3 Å². The molecule has 1 N–H and O–H groups in total. The van der Waals surface area contributed by atoms with Gasteiger partial charge in [0.25, 0.3) is 5.56 Å². The van der Waals surface area contributed by atoms with Crippen LogP contribution in [-0.4, -0.2) is 41.3 Å². The number of carbonyl (C=O) groups is 1. The Morgan fingerprint density at radius 2 is 1.80 bits per heavy atom. The summed E-state index contributed by atoms with van der Waals surface area (Å²) in [6.45, 7) is 4.04. The minimum Gasteiger partial charge on any atom is -0.325 e. The van der Waals surface area contributed by atoms with Crippen LogP contribution in [0.1, 0.15) is 13.8 Å². The fraction of sp³-hybridized carbons (Fsp3) is 0.250. The van der Waals surface area contributed by atoms with Gasteiger partial charge in [-0.3, -0.25) is 14.2 Å². The number of sulfonamides is 1. The summed E-state index contributed by atoms with van der Waals surface area (Å²) >= 11 is 5.94. The summed E-state index contributed by atoms with van der Waals surface area (Å²) in [6, 6.07) is 10.7. The molecule has 0 spiro atoms. The Labute approximate surface area is 179 Å². The average Bonchev–Trinajstić information content (AvgIpc) is 2.71. The lowest BCUT2D eigenvalue weighted by atomic mass is 10.2. The molecule has 0 saturated carbocycles. The van der Waals surface area contributed by atoms with E-state index in [0.717, 1.165) is 0 Å². The van der Waals surface area contributed by atoms with E-state index in [1.807, 2.05) is 0 Å². The first-order valence-electron chi connectivity index (χ1n) is 9.31. The third kappa shape index (κ3) is 4.53. The summed E-state index contributed by atoms with van der Waals surface area (Å²) in [5.41, 5.74) is 0.535. The second-order valence-corrected chi connectivity index (χ2v) is 8.88. The molecule has 0 aliphatic heterocycles. The third-order valence-electron chi connectivity index (χ3n) is 4.58. The number of benzene rings is 2. The van der Waals surface area contributed by atoms with E-state index in [1.54, 1.807) is 26.0 Å².